The van der Waals surface area contributed by atoms with Crippen molar-refractivity contribution in [1.29, 1.82) is 0 Å². The molecule has 0 aromatic heterocycles. The Kier molecular flexibility index (Phi) is 7.79. The highest BCUT2D eigenvalue weighted by atomic mass is 32.2. The molecule has 1 aromatic rings. The summed E-state index contributed by atoms with van der Waals surface area (Å²) in [5.74, 6) is -0.0795. The zero-order valence-corrected chi connectivity index (χ0v) is 17.4. The Morgan fingerprint density at radius 2 is 2.00 bits per heavy atom. The van der Waals surface area contributed by atoms with E-state index in [0.717, 1.165) is 0 Å². The maximum Gasteiger partial charge on any atom is 0.258 e. The number of thioether (sulfide) groups is 1. The van der Waals surface area contributed by atoms with E-state index in [2.05, 4.69) is 10.8 Å². The molecular formula is C20H26N2O5S. The first-order valence-corrected chi connectivity index (χ1v) is 10.3. The zero-order valence-electron chi connectivity index (χ0n) is 16.6. The third-order valence-corrected chi connectivity index (χ3v) is 4.95. The Balaban J connectivity index is 2.23. The van der Waals surface area contributed by atoms with Crippen LogP contribution in [0.4, 0.5) is 0 Å². The van der Waals surface area contributed by atoms with Gasteiger partial charge in [0.15, 0.2) is 18.2 Å². The molecule has 0 radical (unpaired) electrons. The van der Waals surface area contributed by atoms with Crippen LogP contribution in [0.15, 0.2) is 29.8 Å². The fourth-order valence-electron chi connectivity index (χ4n) is 2.90. The lowest BCUT2D eigenvalue weighted by Gasteiger charge is -2.30. The van der Waals surface area contributed by atoms with Crippen molar-refractivity contribution >= 4 is 29.2 Å². The number of Topliss-reactive ketones (excluding diaryl/α,β-unsaturated/α-hetero) is 1. The molecule has 0 saturated carbocycles. The van der Waals surface area contributed by atoms with E-state index in [9.17, 15) is 14.4 Å². The van der Waals surface area contributed by atoms with Crippen LogP contribution in [-0.2, 0) is 9.63 Å². The lowest BCUT2D eigenvalue weighted by atomic mass is 9.74. The molecule has 2 N–H and O–H groups in total. The smallest absolute Gasteiger partial charge is 0.258 e. The largest absolute Gasteiger partial charge is 0.483 e. The van der Waals surface area contributed by atoms with Crippen LogP contribution in [0.3, 0.4) is 0 Å². The Morgan fingerprint density at radius 1 is 1.25 bits per heavy atom. The summed E-state index contributed by atoms with van der Waals surface area (Å²) >= 11 is 1.48. The predicted molar refractivity (Wildman–Crippen MR) is 109 cm³/mol. The average Bonchev–Trinajstić information content (AvgIpc) is 2.67. The molecule has 1 aliphatic carbocycles. The van der Waals surface area contributed by atoms with Gasteiger partial charge in [-0.3, -0.25) is 14.4 Å². The number of rotatable bonds is 10. The molecule has 1 aliphatic rings. The maximum atomic E-state index is 13.1. The summed E-state index contributed by atoms with van der Waals surface area (Å²) < 4.78 is 5.53. The molecule has 0 spiro atoms. The summed E-state index contributed by atoms with van der Waals surface area (Å²) in [5.41, 5.74) is 3.02. The summed E-state index contributed by atoms with van der Waals surface area (Å²) in [7, 11) is 1.67. The number of ketones is 2. The first-order chi connectivity index (χ1) is 13.3. The molecule has 2 rings (SSSR count). The normalized spacial score (nSPS) is 13.8. The van der Waals surface area contributed by atoms with Crippen molar-refractivity contribution in [3.05, 3.63) is 41.0 Å². The van der Waals surface area contributed by atoms with Gasteiger partial charge in [0.25, 0.3) is 5.91 Å². The van der Waals surface area contributed by atoms with Gasteiger partial charge in [-0.2, -0.15) is 0 Å². The van der Waals surface area contributed by atoms with Crippen LogP contribution < -0.4 is 15.5 Å². The van der Waals surface area contributed by atoms with Gasteiger partial charge in [0.05, 0.1) is 18.0 Å². The molecule has 7 nitrogen and oxygen atoms in total. The molecule has 28 heavy (non-hydrogen) atoms. The molecule has 8 heteroatoms. The maximum absolute atomic E-state index is 13.1. The monoisotopic (exact) mass is 406 g/mol. The number of allylic oxidation sites excluding steroid dienone is 2. The van der Waals surface area contributed by atoms with Gasteiger partial charge in [-0.05, 0) is 30.2 Å². The Hall–Kier alpha value is -2.16. The number of hydrogen-bond donors (Lipinski definition) is 2. The average molecular weight is 407 g/mol. The second-order valence-corrected chi connectivity index (χ2v) is 7.80. The number of hydrogen-bond acceptors (Lipinski definition) is 7. The van der Waals surface area contributed by atoms with E-state index in [4.69, 9.17) is 9.57 Å². The molecule has 0 saturated heterocycles. The van der Waals surface area contributed by atoms with Crippen LogP contribution in [0.5, 0.6) is 5.75 Å². The number of carbonyl (C=O) groups is 3. The van der Waals surface area contributed by atoms with Crippen LogP contribution in [0.1, 0.15) is 41.0 Å². The fourth-order valence-corrected chi connectivity index (χ4v) is 3.21. The van der Waals surface area contributed by atoms with Gasteiger partial charge in [-0.1, -0.05) is 26.0 Å². The van der Waals surface area contributed by atoms with Gasteiger partial charge in [0.2, 0.25) is 0 Å². The SMILES string of the molecule is CNOCCC(C)(C)C1=CC(=O)c2c(OCC(=O)NCSC)cccc2C1=O. The van der Waals surface area contributed by atoms with Crippen LogP contribution in [-0.4, -0.2) is 49.9 Å². The van der Waals surface area contributed by atoms with E-state index < -0.39 is 5.41 Å². The molecule has 0 heterocycles. The minimum absolute atomic E-state index is 0.205. The summed E-state index contributed by atoms with van der Waals surface area (Å²) in [6.45, 7) is 4.00. The number of ether oxygens (including phenoxy) is 1. The third kappa shape index (κ3) is 5.21. The molecule has 152 valence electrons. The molecule has 0 fully saturated rings. The van der Waals surface area contributed by atoms with E-state index in [1.165, 1.54) is 17.8 Å². The molecule has 0 bridgehead atoms. The van der Waals surface area contributed by atoms with Crippen molar-refractivity contribution < 1.29 is 24.0 Å². The molecule has 0 atom stereocenters. The van der Waals surface area contributed by atoms with E-state index in [1.807, 2.05) is 20.1 Å². The van der Waals surface area contributed by atoms with Crippen LogP contribution in [0.2, 0.25) is 0 Å². The highest BCUT2D eigenvalue weighted by Gasteiger charge is 2.36. The number of fused-ring (bicyclic) bond motifs is 1. The third-order valence-electron chi connectivity index (χ3n) is 4.51. The number of hydroxylamine groups is 1. The summed E-state index contributed by atoms with van der Waals surface area (Å²) in [6, 6.07) is 4.86. The molecular weight excluding hydrogens is 380 g/mol. The Morgan fingerprint density at radius 3 is 2.68 bits per heavy atom. The van der Waals surface area contributed by atoms with Gasteiger partial charge >= 0.3 is 0 Å². The summed E-state index contributed by atoms with van der Waals surface area (Å²) in [5, 5.41) is 2.67. The topological polar surface area (TPSA) is 93.7 Å². The quantitative estimate of drug-likeness (QED) is 0.350. The second kappa shape index (κ2) is 9.86. The van der Waals surface area contributed by atoms with Crippen molar-refractivity contribution in [2.45, 2.75) is 20.3 Å². The van der Waals surface area contributed by atoms with Crippen LogP contribution >= 0.6 is 11.8 Å². The lowest BCUT2D eigenvalue weighted by molar-refractivity contribution is -0.122. The second-order valence-electron chi connectivity index (χ2n) is 6.94. The summed E-state index contributed by atoms with van der Waals surface area (Å²) in [4.78, 5) is 42.8. The minimum Gasteiger partial charge on any atom is -0.483 e. The first kappa shape index (κ1) is 22.1. The number of carbonyl (C=O) groups excluding carboxylic acids is 3. The molecule has 0 unspecified atom stereocenters. The van der Waals surface area contributed by atoms with Gasteiger partial charge < -0.3 is 14.9 Å². The Labute approximate surface area is 169 Å². The minimum atomic E-state index is -0.532. The standard InChI is InChI=1S/C20H26N2O5S/c1-20(2,8-9-27-21-3)14-10-15(23)18-13(19(14)25)6-5-7-16(18)26-11-17(24)22-12-28-4/h5-7,10,21H,8-9,11-12H2,1-4H3,(H,22,24). The van der Waals surface area contributed by atoms with E-state index in [1.54, 1.807) is 25.2 Å². The van der Waals surface area contributed by atoms with Gasteiger partial charge in [0.1, 0.15) is 5.75 Å². The highest BCUT2D eigenvalue weighted by molar-refractivity contribution is 7.98. The van der Waals surface area contributed by atoms with Gasteiger partial charge in [-0.15, -0.1) is 11.8 Å². The fraction of sp³-hybridized carbons (Fsp3) is 0.450. The highest BCUT2D eigenvalue weighted by Crippen LogP contribution is 2.38. The zero-order chi connectivity index (χ0) is 20.7. The van der Waals surface area contributed by atoms with E-state index >= 15 is 0 Å². The van der Waals surface area contributed by atoms with Crippen molar-refractivity contribution in [3.63, 3.8) is 0 Å². The molecule has 1 amide bonds. The van der Waals surface area contributed by atoms with Crippen LogP contribution in [0.25, 0.3) is 0 Å². The van der Waals surface area contributed by atoms with Gasteiger partial charge in [-0.25, -0.2) is 5.48 Å². The van der Waals surface area contributed by atoms with E-state index in [-0.39, 0.29) is 35.4 Å². The number of amides is 1. The number of benzene rings is 1. The lowest BCUT2D eigenvalue weighted by Crippen LogP contribution is -2.30. The molecule has 1 aromatic carbocycles. The van der Waals surface area contributed by atoms with Crippen LogP contribution in [0, 0.1) is 5.41 Å². The van der Waals surface area contributed by atoms with Crippen molar-refractivity contribution in [2.24, 2.45) is 5.41 Å². The Bertz CT molecular complexity index is 789. The van der Waals surface area contributed by atoms with E-state index in [0.29, 0.717) is 30.0 Å². The first-order valence-electron chi connectivity index (χ1n) is 8.93. The predicted octanol–water partition coefficient (Wildman–Crippen LogP) is 2.37. The van der Waals surface area contributed by atoms with Gasteiger partial charge in [0, 0.05) is 18.2 Å². The van der Waals surface area contributed by atoms with Crippen molar-refractivity contribution in [3.8, 4) is 5.75 Å². The van der Waals surface area contributed by atoms with Crippen molar-refractivity contribution in [1.82, 2.24) is 10.8 Å². The molecule has 0 aliphatic heterocycles. The summed E-state index contributed by atoms with van der Waals surface area (Å²) in [6.07, 6.45) is 3.82. The number of nitrogens with one attached hydrogen (secondary N) is 2. The van der Waals surface area contributed by atoms with Crippen molar-refractivity contribution in [2.75, 3.05) is 32.4 Å².